The maximum atomic E-state index is 14.3. The molecule has 2 aromatic heterocycles. The number of halogens is 2. The van der Waals surface area contributed by atoms with Crippen molar-refractivity contribution in [3.8, 4) is 11.3 Å². The third-order valence-electron chi connectivity index (χ3n) is 4.96. The fourth-order valence-electron chi connectivity index (χ4n) is 3.69. The molecular weight excluding hydrogens is 478 g/mol. The summed E-state index contributed by atoms with van der Waals surface area (Å²) in [6, 6.07) is 1.58. The zero-order valence-corrected chi connectivity index (χ0v) is 17.9. The van der Waals surface area contributed by atoms with Crippen molar-refractivity contribution in [3.63, 3.8) is 0 Å². The van der Waals surface area contributed by atoms with E-state index in [0.29, 0.717) is 40.0 Å². The molecule has 148 valence electrons. The van der Waals surface area contributed by atoms with Gasteiger partial charge in [0.1, 0.15) is 5.60 Å². The van der Waals surface area contributed by atoms with Crippen LogP contribution in [0.3, 0.4) is 0 Å². The highest BCUT2D eigenvalue weighted by Crippen LogP contribution is 2.43. The number of carbonyl (C=O) groups excluding carboxylic acids is 2. The van der Waals surface area contributed by atoms with E-state index in [9.17, 15) is 14.0 Å². The summed E-state index contributed by atoms with van der Waals surface area (Å²) in [5.41, 5.74) is 1.17. The van der Waals surface area contributed by atoms with Crippen molar-refractivity contribution in [3.05, 3.63) is 39.1 Å². The molecule has 0 saturated carbocycles. The van der Waals surface area contributed by atoms with Crippen LogP contribution in [0.5, 0.6) is 0 Å². The van der Waals surface area contributed by atoms with Crippen LogP contribution in [-0.4, -0.2) is 52.1 Å². The van der Waals surface area contributed by atoms with Gasteiger partial charge in [0.25, 0.3) is 5.91 Å². The maximum absolute atomic E-state index is 14.3. The molecule has 1 saturated heterocycles. The number of nitrogens with one attached hydrogen (secondary N) is 2. The molecular formula is C19H20FIN4O3. The van der Waals surface area contributed by atoms with Crippen LogP contribution in [0.25, 0.3) is 11.3 Å². The topological polar surface area (TPSA) is 87.3 Å². The van der Waals surface area contributed by atoms with E-state index in [1.54, 1.807) is 11.0 Å². The Morgan fingerprint density at radius 1 is 1.39 bits per heavy atom. The van der Waals surface area contributed by atoms with Gasteiger partial charge in [0.05, 0.1) is 26.4 Å². The third kappa shape index (κ3) is 3.05. The first-order chi connectivity index (χ1) is 13.1. The van der Waals surface area contributed by atoms with Gasteiger partial charge in [-0.05, 0) is 49.4 Å². The van der Waals surface area contributed by atoms with Crippen molar-refractivity contribution in [2.45, 2.75) is 31.8 Å². The maximum Gasteiger partial charge on any atom is 0.410 e. The highest BCUT2D eigenvalue weighted by molar-refractivity contribution is 14.1. The van der Waals surface area contributed by atoms with E-state index >= 15 is 0 Å². The number of carbonyl (C=O) groups is 2. The molecule has 0 bridgehead atoms. The first-order valence-electron chi connectivity index (χ1n) is 8.89. The summed E-state index contributed by atoms with van der Waals surface area (Å²) in [7, 11) is 0. The van der Waals surface area contributed by atoms with Crippen LogP contribution in [-0.2, 0) is 10.2 Å². The van der Waals surface area contributed by atoms with Gasteiger partial charge in [-0.15, -0.1) is 0 Å². The summed E-state index contributed by atoms with van der Waals surface area (Å²) in [5.74, 6) is -0.657. The van der Waals surface area contributed by atoms with Gasteiger partial charge < -0.3 is 19.9 Å². The Morgan fingerprint density at radius 3 is 2.75 bits per heavy atom. The van der Waals surface area contributed by atoms with E-state index in [-0.39, 0.29) is 12.0 Å². The SMILES string of the molecule is CC(C)(C)OC(=O)N1CC2(CNC(=O)c3c2[nH]c(-c2ccncc2F)c3I)C1. The van der Waals surface area contributed by atoms with Crippen molar-refractivity contribution < 1.29 is 18.7 Å². The lowest BCUT2D eigenvalue weighted by atomic mass is 9.73. The molecule has 4 rings (SSSR count). The van der Waals surface area contributed by atoms with Gasteiger partial charge in [-0.2, -0.15) is 0 Å². The van der Waals surface area contributed by atoms with Crippen molar-refractivity contribution in [1.82, 2.24) is 20.2 Å². The molecule has 1 spiro atoms. The Bertz CT molecular complexity index is 976. The highest BCUT2D eigenvalue weighted by Gasteiger charge is 2.53. The first kappa shape index (κ1) is 19.2. The fraction of sp³-hybridized carbons (Fsp3) is 0.421. The first-order valence-corrected chi connectivity index (χ1v) is 9.97. The number of H-pyrrole nitrogens is 1. The number of likely N-dealkylation sites (tertiary alicyclic amines) is 1. The largest absolute Gasteiger partial charge is 0.444 e. The van der Waals surface area contributed by atoms with Gasteiger partial charge in [0.15, 0.2) is 5.82 Å². The Morgan fingerprint density at radius 2 is 2.11 bits per heavy atom. The minimum atomic E-state index is -0.570. The predicted octanol–water partition coefficient (Wildman–Crippen LogP) is 3.05. The minimum Gasteiger partial charge on any atom is -0.444 e. The van der Waals surface area contributed by atoms with E-state index in [2.05, 4.69) is 37.9 Å². The van der Waals surface area contributed by atoms with E-state index in [0.717, 1.165) is 11.9 Å². The van der Waals surface area contributed by atoms with Gasteiger partial charge in [0, 0.05) is 37.1 Å². The summed E-state index contributed by atoms with van der Waals surface area (Å²) in [5, 5.41) is 2.91. The van der Waals surface area contributed by atoms with Crippen LogP contribution in [0, 0.1) is 9.39 Å². The van der Waals surface area contributed by atoms with Crippen LogP contribution in [0.15, 0.2) is 18.5 Å². The van der Waals surface area contributed by atoms with E-state index < -0.39 is 16.8 Å². The van der Waals surface area contributed by atoms with Gasteiger partial charge in [-0.3, -0.25) is 9.78 Å². The van der Waals surface area contributed by atoms with Crippen molar-refractivity contribution in [2.75, 3.05) is 19.6 Å². The second kappa shape index (κ2) is 6.43. The second-order valence-corrected chi connectivity index (χ2v) is 9.30. The highest BCUT2D eigenvalue weighted by atomic mass is 127. The molecule has 2 aliphatic rings. The number of rotatable bonds is 1. The van der Waals surface area contributed by atoms with E-state index in [1.807, 2.05) is 20.8 Å². The molecule has 7 nitrogen and oxygen atoms in total. The molecule has 0 aromatic carbocycles. The lowest BCUT2D eigenvalue weighted by Crippen LogP contribution is -2.67. The van der Waals surface area contributed by atoms with Gasteiger partial charge in [-0.25, -0.2) is 9.18 Å². The molecule has 9 heteroatoms. The van der Waals surface area contributed by atoms with Crippen LogP contribution >= 0.6 is 22.6 Å². The van der Waals surface area contributed by atoms with Crippen molar-refractivity contribution >= 4 is 34.6 Å². The molecule has 28 heavy (non-hydrogen) atoms. The van der Waals surface area contributed by atoms with Crippen LogP contribution < -0.4 is 5.32 Å². The molecule has 2 amide bonds. The molecule has 0 radical (unpaired) electrons. The fourth-order valence-corrected chi connectivity index (χ4v) is 4.63. The molecule has 4 heterocycles. The van der Waals surface area contributed by atoms with Gasteiger partial charge in [-0.1, -0.05) is 0 Å². The third-order valence-corrected chi connectivity index (χ3v) is 6.04. The summed E-state index contributed by atoms with van der Waals surface area (Å²) < 4.78 is 20.4. The minimum absolute atomic E-state index is 0.197. The summed E-state index contributed by atoms with van der Waals surface area (Å²) in [4.78, 5) is 33.5. The lowest BCUT2D eigenvalue weighted by molar-refractivity contribution is -0.0113. The van der Waals surface area contributed by atoms with Crippen molar-refractivity contribution in [2.24, 2.45) is 0 Å². The summed E-state index contributed by atoms with van der Waals surface area (Å²) in [6.07, 6.45) is 2.28. The zero-order chi connectivity index (χ0) is 20.3. The molecule has 0 aliphatic carbocycles. The van der Waals surface area contributed by atoms with Crippen LogP contribution in [0.4, 0.5) is 9.18 Å². The number of amides is 2. The molecule has 2 aromatic rings. The Labute approximate surface area is 175 Å². The van der Waals surface area contributed by atoms with Gasteiger partial charge >= 0.3 is 6.09 Å². The normalized spacial score (nSPS) is 17.8. The van der Waals surface area contributed by atoms with Crippen molar-refractivity contribution in [1.29, 1.82) is 0 Å². The molecule has 0 atom stereocenters. The number of pyridine rings is 1. The second-order valence-electron chi connectivity index (χ2n) is 8.22. The molecule has 2 aliphatic heterocycles. The van der Waals surface area contributed by atoms with E-state index in [1.165, 1.54) is 6.20 Å². The molecule has 0 unspecified atom stereocenters. The Balaban J connectivity index is 1.68. The Kier molecular flexibility index (Phi) is 4.40. The predicted molar refractivity (Wildman–Crippen MR) is 109 cm³/mol. The Hall–Kier alpha value is -2.17. The standard InChI is InChI=1S/C19H20FIN4O3/c1-18(2,3)28-17(27)25-8-19(9-25)7-23-16(26)12-13(21)14(24-15(12)19)10-4-5-22-6-11(10)20/h4-6,24H,7-9H2,1-3H3,(H,23,26). The number of ether oxygens (including phenoxy) is 1. The molecule has 1 fully saturated rings. The number of fused-ring (bicyclic) bond motifs is 2. The summed E-state index contributed by atoms with van der Waals surface area (Å²) in [6.45, 7) is 6.72. The summed E-state index contributed by atoms with van der Waals surface area (Å²) >= 11 is 2.06. The number of nitrogens with zero attached hydrogens (tertiary/aromatic N) is 2. The monoisotopic (exact) mass is 498 g/mol. The lowest BCUT2D eigenvalue weighted by Gasteiger charge is -2.51. The number of hydrogen-bond donors (Lipinski definition) is 2. The van der Waals surface area contributed by atoms with E-state index in [4.69, 9.17) is 4.74 Å². The average Bonchev–Trinajstić information content (AvgIpc) is 2.91. The van der Waals surface area contributed by atoms with Crippen LogP contribution in [0.1, 0.15) is 36.8 Å². The molecule has 2 N–H and O–H groups in total. The quantitative estimate of drug-likeness (QED) is 0.592. The number of aromatic nitrogens is 2. The zero-order valence-electron chi connectivity index (χ0n) is 15.7. The average molecular weight is 498 g/mol. The van der Waals surface area contributed by atoms with Gasteiger partial charge in [0.2, 0.25) is 0 Å². The number of hydrogen-bond acceptors (Lipinski definition) is 4. The van der Waals surface area contributed by atoms with Crippen LogP contribution in [0.2, 0.25) is 0 Å². The number of aromatic amines is 1. The smallest absolute Gasteiger partial charge is 0.410 e.